The molecule has 0 saturated carbocycles. The van der Waals surface area contributed by atoms with Crippen LogP contribution in [0.5, 0.6) is 0 Å². The van der Waals surface area contributed by atoms with Crippen molar-refractivity contribution in [3.8, 4) is 0 Å². The highest BCUT2D eigenvalue weighted by atomic mass is 16.5. The van der Waals surface area contributed by atoms with Gasteiger partial charge in [-0.1, -0.05) is 13.8 Å². The van der Waals surface area contributed by atoms with E-state index in [1.54, 1.807) is 0 Å². The number of nitrogens with zero attached hydrogens (tertiary/aromatic N) is 1. The standard InChI is InChI=1S/C15H26N2O2/c1-4-16-9-13-5-6-14(19-13)10-17-8-7-12(2)15(11-17)18-3/h5-6,12,15-16H,4,7-11H2,1-3H3. The Balaban J connectivity index is 1.85. The topological polar surface area (TPSA) is 37.6 Å². The lowest BCUT2D eigenvalue weighted by Crippen LogP contribution is -2.43. The van der Waals surface area contributed by atoms with Gasteiger partial charge in [0.05, 0.1) is 19.2 Å². The number of methoxy groups -OCH3 is 1. The van der Waals surface area contributed by atoms with Crippen LogP contribution in [0.3, 0.4) is 0 Å². The van der Waals surface area contributed by atoms with Gasteiger partial charge in [0.25, 0.3) is 0 Å². The highest BCUT2D eigenvalue weighted by molar-refractivity contribution is 5.07. The third-order valence-corrected chi connectivity index (χ3v) is 3.92. The molecule has 1 saturated heterocycles. The number of hydrogen-bond donors (Lipinski definition) is 1. The molecule has 0 aliphatic carbocycles. The molecule has 0 bridgehead atoms. The fourth-order valence-corrected chi connectivity index (χ4v) is 2.62. The summed E-state index contributed by atoms with van der Waals surface area (Å²) < 4.78 is 11.4. The maximum absolute atomic E-state index is 5.84. The molecule has 1 N–H and O–H groups in total. The average Bonchev–Trinajstić information content (AvgIpc) is 2.86. The number of hydrogen-bond acceptors (Lipinski definition) is 4. The lowest BCUT2D eigenvalue weighted by atomic mass is 9.96. The van der Waals surface area contributed by atoms with Gasteiger partial charge in [-0.05, 0) is 37.6 Å². The highest BCUT2D eigenvalue weighted by Gasteiger charge is 2.26. The van der Waals surface area contributed by atoms with Gasteiger partial charge in [-0.2, -0.15) is 0 Å². The van der Waals surface area contributed by atoms with E-state index in [-0.39, 0.29) is 0 Å². The van der Waals surface area contributed by atoms with Crippen LogP contribution in [0.15, 0.2) is 16.5 Å². The van der Waals surface area contributed by atoms with Gasteiger partial charge in [-0.25, -0.2) is 0 Å². The molecule has 2 heterocycles. The Morgan fingerprint density at radius 3 is 2.95 bits per heavy atom. The lowest BCUT2D eigenvalue weighted by Gasteiger charge is -2.35. The second-order valence-electron chi connectivity index (χ2n) is 5.42. The molecule has 1 aromatic heterocycles. The van der Waals surface area contributed by atoms with Gasteiger partial charge >= 0.3 is 0 Å². The number of piperidine rings is 1. The van der Waals surface area contributed by atoms with Crippen molar-refractivity contribution >= 4 is 0 Å². The summed E-state index contributed by atoms with van der Waals surface area (Å²) in [5.41, 5.74) is 0. The fraction of sp³-hybridized carbons (Fsp3) is 0.733. The first-order chi connectivity index (χ1) is 9.22. The minimum absolute atomic E-state index is 0.352. The Hall–Kier alpha value is -0.840. The van der Waals surface area contributed by atoms with Crippen molar-refractivity contribution < 1.29 is 9.15 Å². The summed E-state index contributed by atoms with van der Waals surface area (Å²) in [6, 6.07) is 4.16. The molecule has 2 unspecified atom stereocenters. The summed E-state index contributed by atoms with van der Waals surface area (Å²) in [5, 5.41) is 3.28. The van der Waals surface area contributed by atoms with Crippen molar-refractivity contribution in [2.45, 2.75) is 39.5 Å². The van der Waals surface area contributed by atoms with Gasteiger partial charge in [0.15, 0.2) is 0 Å². The molecule has 0 aromatic carbocycles. The molecule has 19 heavy (non-hydrogen) atoms. The van der Waals surface area contributed by atoms with Gasteiger partial charge in [-0.3, -0.25) is 4.90 Å². The predicted octanol–water partition coefficient (Wildman–Crippen LogP) is 2.25. The SMILES string of the molecule is CCNCc1ccc(CN2CCC(C)C(OC)C2)o1. The molecule has 1 aromatic rings. The zero-order valence-electron chi connectivity index (χ0n) is 12.3. The van der Waals surface area contributed by atoms with Crippen LogP contribution in [0, 0.1) is 5.92 Å². The van der Waals surface area contributed by atoms with Crippen LogP contribution >= 0.6 is 0 Å². The third kappa shape index (κ3) is 4.06. The minimum Gasteiger partial charge on any atom is -0.463 e. The zero-order chi connectivity index (χ0) is 13.7. The van der Waals surface area contributed by atoms with Crippen LogP contribution in [0.1, 0.15) is 31.8 Å². The van der Waals surface area contributed by atoms with Crippen LogP contribution in [-0.2, 0) is 17.8 Å². The predicted molar refractivity (Wildman–Crippen MR) is 75.9 cm³/mol. The smallest absolute Gasteiger partial charge is 0.118 e. The summed E-state index contributed by atoms with van der Waals surface area (Å²) in [5.74, 6) is 2.73. The van der Waals surface area contributed by atoms with E-state index in [1.807, 2.05) is 7.11 Å². The molecule has 4 heteroatoms. The maximum Gasteiger partial charge on any atom is 0.118 e. The van der Waals surface area contributed by atoms with Crippen molar-refractivity contribution in [2.75, 3.05) is 26.7 Å². The van der Waals surface area contributed by atoms with Gasteiger partial charge in [-0.15, -0.1) is 0 Å². The molecule has 0 radical (unpaired) electrons. The van der Waals surface area contributed by atoms with E-state index in [4.69, 9.17) is 9.15 Å². The Labute approximate surface area is 116 Å². The van der Waals surface area contributed by atoms with Crippen LogP contribution in [-0.4, -0.2) is 37.7 Å². The van der Waals surface area contributed by atoms with Gasteiger partial charge in [0.2, 0.25) is 0 Å². The zero-order valence-corrected chi connectivity index (χ0v) is 12.3. The molecular weight excluding hydrogens is 240 g/mol. The molecule has 1 aliphatic heterocycles. The van der Waals surface area contributed by atoms with Crippen molar-refractivity contribution in [3.05, 3.63) is 23.7 Å². The van der Waals surface area contributed by atoms with E-state index >= 15 is 0 Å². The molecule has 1 fully saturated rings. The van der Waals surface area contributed by atoms with Gasteiger partial charge in [0.1, 0.15) is 11.5 Å². The van der Waals surface area contributed by atoms with E-state index in [9.17, 15) is 0 Å². The van der Waals surface area contributed by atoms with Crippen molar-refractivity contribution in [1.29, 1.82) is 0 Å². The molecule has 0 spiro atoms. The number of ether oxygens (including phenoxy) is 1. The normalized spacial score (nSPS) is 24.8. The number of nitrogens with one attached hydrogen (secondary N) is 1. The first-order valence-electron chi connectivity index (χ1n) is 7.26. The highest BCUT2D eigenvalue weighted by Crippen LogP contribution is 2.21. The summed E-state index contributed by atoms with van der Waals surface area (Å²) in [4.78, 5) is 2.42. The van der Waals surface area contributed by atoms with Crippen molar-refractivity contribution in [2.24, 2.45) is 5.92 Å². The van der Waals surface area contributed by atoms with Crippen LogP contribution in [0.4, 0.5) is 0 Å². The van der Waals surface area contributed by atoms with E-state index < -0.39 is 0 Å². The number of rotatable bonds is 6. The Bertz CT molecular complexity index is 378. The van der Waals surface area contributed by atoms with E-state index in [0.717, 1.165) is 44.2 Å². The first kappa shape index (κ1) is 14.6. The summed E-state index contributed by atoms with van der Waals surface area (Å²) in [6.07, 6.45) is 1.55. The molecule has 2 rings (SSSR count). The Morgan fingerprint density at radius 1 is 1.42 bits per heavy atom. The Morgan fingerprint density at radius 2 is 2.21 bits per heavy atom. The molecular formula is C15H26N2O2. The van der Waals surface area contributed by atoms with Gasteiger partial charge < -0.3 is 14.5 Å². The summed E-state index contributed by atoms with van der Waals surface area (Å²) in [6.45, 7) is 9.17. The molecule has 0 amide bonds. The molecule has 2 atom stereocenters. The van der Waals surface area contributed by atoms with Gasteiger partial charge in [0, 0.05) is 13.7 Å². The average molecular weight is 266 g/mol. The van der Waals surface area contributed by atoms with E-state index in [2.05, 4.69) is 36.2 Å². The minimum atomic E-state index is 0.352. The quantitative estimate of drug-likeness (QED) is 0.857. The number of likely N-dealkylation sites (tertiary alicyclic amines) is 1. The number of furan rings is 1. The second kappa shape index (κ2) is 7.08. The molecule has 1 aliphatic rings. The fourth-order valence-electron chi connectivity index (χ4n) is 2.62. The summed E-state index contributed by atoms with van der Waals surface area (Å²) in [7, 11) is 1.81. The van der Waals surface area contributed by atoms with E-state index in [0.29, 0.717) is 12.0 Å². The lowest BCUT2D eigenvalue weighted by molar-refractivity contribution is -0.00925. The Kier molecular flexibility index (Phi) is 5.43. The van der Waals surface area contributed by atoms with Crippen LogP contribution in [0.25, 0.3) is 0 Å². The maximum atomic E-state index is 5.84. The first-order valence-corrected chi connectivity index (χ1v) is 7.26. The van der Waals surface area contributed by atoms with E-state index in [1.165, 1.54) is 6.42 Å². The van der Waals surface area contributed by atoms with Crippen molar-refractivity contribution in [1.82, 2.24) is 10.2 Å². The van der Waals surface area contributed by atoms with Crippen molar-refractivity contribution in [3.63, 3.8) is 0 Å². The second-order valence-corrected chi connectivity index (χ2v) is 5.42. The van der Waals surface area contributed by atoms with Crippen LogP contribution < -0.4 is 5.32 Å². The third-order valence-electron chi connectivity index (χ3n) is 3.92. The van der Waals surface area contributed by atoms with Crippen LogP contribution in [0.2, 0.25) is 0 Å². The molecule has 4 nitrogen and oxygen atoms in total. The largest absolute Gasteiger partial charge is 0.463 e. The molecule has 108 valence electrons. The monoisotopic (exact) mass is 266 g/mol. The summed E-state index contributed by atoms with van der Waals surface area (Å²) >= 11 is 0.